The lowest BCUT2D eigenvalue weighted by Gasteiger charge is -2.09. The third-order valence-electron chi connectivity index (χ3n) is 2.06. The zero-order valence-corrected chi connectivity index (χ0v) is 7.66. The number of aromatic nitrogens is 2. The minimum absolute atomic E-state index is 0.238. The van der Waals surface area contributed by atoms with E-state index in [1.807, 2.05) is 13.0 Å². The first kappa shape index (κ1) is 8.44. The van der Waals surface area contributed by atoms with Crippen LogP contribution in [0, 0.1) is 6.92 Å². The van der Waals surface area contributed by atoms with Gasteiger partial charge in [-0.05, 0) is 26.0 Å². The first-order chi connectivity index (χ1) is 6.34. The summed E-state index contributed by atoms with van der Waals surface area (Å²) in [4.78, 5) is 8.22. The van der Waals surface area contributed by atoms with Crippen molar-refractivity contribution in [1.29, 1.82) is 0 Å². The smallest absolute Gasteiger partial charge is 0.316 e. The summed E-state index contributed by atoms with van der Waals surface area (Å²) in [5.41, 5.74) is 0.941. The molecule has 4 nitrogen and oxygen atoms in total. The molecule has 0 aromatic carbocycles. The summed E-state index contributed by atoms with van der Waals surface area (Å²) in [6.45, 7) is 3.86. The van der Waals surface area contributed by atoms with E-state index in [1.165, 1.54) is 0 Å². The fraction of sp³-hybridized carbons (Fsp3) is 0.556. The van der Waals surface area contributed by atoms with Crippen molar-refractivity contribution in [3.8, 4) is 6.01 Å². The van der Waals surface area contributed by atoms with Gasteiger partial charge in [0.15, 0.2) is 0 Å². The molecule has 0 radical (unpaired) electrons. The summed E-state index contributed by atoms with van der Waals surface area (Å²) >= 11 is 0. The second-order valence-corrected chi connectivity index (χ2v) is 3.21. The average molecular weight is 179 g/mol. The van der Waals surface area contributed by atoms with Crippen molar-refractivity contribution in [3.05, 3.63) is 18.0 Å². The molecular weight excluding hydrogens is 166 g/mol. The topological polar surface area (TPSA) is 47.0 Å². The van der Waals surface area contributed by atoms with Crippen molar-refractivity contribution >= 4 is 0 Å². The third-order valence-corrected chi connectivity index (χ3v) is 2.06. The van der Waals surface area contributed by atoms with E-state index in [2.05, 4.69) is 15.3 Å². The molecule has 1 unspecified atom stereocenters. The highest BCUT2D eigenvalue weighted by Gasteiger charge is 2.16. The van der Waals surface area contributed by atoms with E-state index in [4.69, 9.17) is 4.74 Å². The van der Waals surface area contributed by atoms with Gasteiger partial charge in [-0.2, -0.15) is 0 Å². The van der Waals surface area contributed by atoms with Crippen molar-refractivity contribution in [3.63, 3.8) is 0 Å². The van der Waals surface area contributed by atoms with Crippen LogP contribution in [0.25, 0.3) is 0 Å². The Morgan fingerprint density at radius 2 is 2.54 bits per heavy atom. The number of hydrogen-bond donors (Lipinski definition) is 1. The summed E-state index contributed by atoms with van der Waals surface area (Å²) in [7, 11) is 0. The Morgan fingerprint density at radius 3 is 3.23 bits per heavy atom. The zero-order valence-electron chi connectivity index (χ0n) is 7.66. The molecule has 1 N–H and O–H groups in total. The lowest BCUT2D eigenvalue weighted by molar-refractivity contribution is 0.204. The molecule has 1 aliphatic heterocycles. The number of nitrogens with zero attached hydrogens (tertiary/aromatic N) is 2. The molecule has 2 rings (SSSR count). The van der Waals surface area contributed by atoms with E-state index < -0.39 is 0 Å². The summed E-state index contributed by atoms with van der Waals surface area (Å²) in [5, 5.41) is 3.23. The highest BCUT2D eigenvalue weighted by Crippen LogP contribution is 2.08. The average Bonchev–Trinajstić information content (AvgIpc) is 2.57. The molecule has 1 aromatic heterocycles. The van der Waals surface area contributed by atoms with Crippen LogP contribution in [0.1, 0.15) is 12.1 Å². The largest absolute Gasteiger partial charge is 0.459 e. The van der Waals surface area contributed by atoms with Crippen molar-refractivity contribution in [1.82, 2.24) is 15.3 Å². The molecule has 0 saturated carbocycles. The van der Waals surface area contributed by atoms with Crippen LogP contribution < -0.4 is 10.1 Å². The molecule has 4 heteroatoms. The molecule has 1 aromatic rings. The first-order valence-corrected chi connectivity index (χ1v) is 4.51. The SMILES string of the molecule is Cc1ccnc(OC2CCNC2)n1. The molecule has 70 valence electrons. The van der Waals surface area contributed by atoms with E-state index in [1.54, 1.807) is 6.20 Å². The maximum atomic E-state index is 5.57. The Kier molecular flexibility index (Phi) is 2.40. The van der Waals surface area contributed by atoms with Gasteiger partial charge in [0.25, 0.3) is 0 Å². The van der Waals surface area contributed by atoms with E-state index in [-0.39, 0.29) is 6.10 Å². The molecule has 0 spiro atoms. The van der Waals surface area contributed by atoms with Crippen LogP contribution in [0.5, 0.6) is 6.01 Å². The van der Waals surface area contributed by atoms with Gasteiger partial charge in [-0.3, -0.25) is 0 Å². The van der Waals surface area contributed by atoms with Crippen LogP contribution in [-0.2, 0) is 0 Å². The van der Waals surface area contributed by atoms with Crippen LogP contribution >= 0.6 is 0 Å². The van der Waals surface area contributed by atoms with Crippen molar-refractivity contribution in [2.75, 3.05) is 13.1 Å². The fourth-order valence-corrected chi connectivity index (χ4v) is 1.36. The van der Waals surface area contributed by atoms with E-state index in [0.29, 0.717) is 6.01 Å². The molecule has 2 heterocycles. The lowest BCUT2D eigenvalue weighted by atomic mass is 10.3. The van der Waals surface area contributed by atoms with Crippen molar-refractivity contribution < 1.29 is 4.74 Å². The van der Waals surface area contributed by atoms with Gasteiger partial charge in [0, 0.05) is 18.4 Å². The number of hydrogen-bond acceptors (Lipinski definition) is 4. The van der Waals surface area contributed by atoms with Gasteiger partial charge in [0.1, 0.15) is 6.10 Å². The Bertz CT molecular complexity index is 284. The normalized spacial score (nSPS) is 21.8. The van der Waals surface area contributed by atoms with E-state index in [0.717, 1.165) is 25.2 Å². The van der Waals surface area contributed by atoms with E-state index >= 15 is 0 Å². The number of nitrogens with one attached hydrogen (secondary N) is 1. The number of aryl methyl sites for hydroxylation is 1. The second kappa shape index (κ2) is 3.70. The first-order valence-electron chi connectivity index (χ1n) is 4.51. The summed E-state index contributed by atoms with van der Waals surface area (Å²) in [5.74, 6) is 0. The molecule has 0 aliphatic carbocycles. The molecule has 1 atom stereocenters. The van der Waals surface area contributed by atoms with Crippen LogP contribution in [0.15, 0.2) is 12.3 Å². The summed E-state index contributed by atoms with van der Waals surface area (Å²) < 4.78 is 5.57. The van der Waals surface area contributed by atoms with Crippen molar-refractivity contribution in [2.24, 2.45) is 0 Å². The number of rotatable bonds is 2. The molecule has 1 saturated heterocycles. The predicted octanol–water partition coefficient (Wildman–Crippen LogP) is 0.526. The maximum absolute atomic E-state index is 5.57. The zero-order chi connectivity index (χ0) is 9.10. The summed E-state index contributed by atoms with van der Waals surface area (Å²) in [6, 6.07) is 2.36. The molecular formula is C9H13N3O. The standard InChI is InChI=1S/C9H13N3O/c1-7-2-5-11-9(12-7)13-8-3-4-10-6-8/h2,5,8,10H,3-4,6H2,1H3. The lowest BCUT2D eigenvalue weighted by Crippen LogP contribution is -2.20. The molecule has 1 fully saturated rings. The Balaban J connectivity index is 2.00. The number of ether oxygens (including phenoxy) is 1. The third kappa shape index (κ3) is 2.15. The van der Waals surface area contributed by atoms with Gasteiger partial charge in [0.2, 0.25) is 0 Å². The van der Waals surface area contributed by atoms with Gasteiger partial charge < -0.3 is 10.1 Å². The van der Waals surface area contributed by atoms with Gasteiger partial charge in [-0.15, -0.1) is 0 Å². The van der Waals surface area contributed by atoms with Crippen LogP contribution in [0.2, 0.25) is 0 Å². The highest BCUT2D eigenvalue weighted by molar-refractivity contribution is 5.03. The molecule has 0 amide bonds. The van der Waals surface area contributed by atoms with Crippen LogP contribution in [0.3, 0.4) is 0 Å². The quantitative estimate of drug-likeness (QED) is 0.719. The van der Waals surface area contributed by atoms with Crippen LogP contribution in [-0.4, -0.2) is 29.2 Å². The van der Waals surface area contributed by atoms with Crippen LogP contribution in [0.4, 0.5) is 0 Å². The second-order valence-electron chi connectivity index (χ2n) is 3.21. The fourth-order valence-electron chi connectivity index (χ4n) is 1.36. The van der Waals surface area contributed by atoms with Gasteiger partial charge in [-0.1, -0.05) is 0 Å². The molecule has 1 aliphatic rings. The maximum Gasteiger partial charge on any atom is 0.316 e. The Hall–Kier alpha value is -1.16. The van der Waals surface area contributed by atoms with E-state index in [9.17, 15) is 0 Å². The molecule has 0 bridgehead atoms. The summed E-state index contributed by atoms with van der Waals surface area (Å²) in [6.07, 6.45) is 3.00. The van der Waals surface area contributed by atoms with Crippen molar-refractivity contribution in [2.45, 2.75) is 19.4 Å². The van der Waals surface area contributed by atoms with Gasteiger partial charge in [-0.25, -0.2) is 9.97 Å². The predicted molar refractivity (Wildman–Crippen MR) is 48.7 cm³/mol. The molecule has 13 heavy (non-hydrogen) atoms. The Morgan fingerprint density at radius 1 is 1.62 bits per heavy atom. The monoisotopic (exact) mass is 179 g/mol. The van der Waals surface area contributed by atoms with Gasteiger partial charge >= 0.3 is 6.01 Å². The minimum atomic E-state index is 0.238. The Labute approximate surface area is 77.4 Å². The minimum Gasteiger partial charge on any atom is -0.459 e. The highest BCUT2D eigenvalue weighted by atomic mass is 16.5. The van der Waals surface area contributed by atoms with Gasteiger partial charge in [0.05, 0.1) is 0 Å².